The summed E-state index contributed by atoms with van der Waals surface area (Å²) in [7, 11) is 0. The third-order valence-electron chi connectivity index (χ3n) is 9.87. The molecule has 3 aromatic carbocycles. The quantitative estimate of drug-likeness (QED) is 0.0450. The number of nitrogens with zero attached hydrogens (tertiary/aromatic N) is 6. The molecule has 0 unspecified atom stereocenters. The first-order valence-electron chi connectivity index (χ1n) is 17.9. The lowest BCUT2D eigenvalue weighted by Crippen LogP contribution is -2.47. The lowest BCUT2D eigenvalue weighted by atomic mass is 9.80. The lowest BCUT2D eigenvalue weighted by molar-refractivity contribution is -0.161. The van der Waals surface area contributed by atoms with Gasteiger partial charge in [0.15, 0.2) is 11.9 Å². The van der Waals surface area contributed by atoms with Crippen molar-refractivity contribution >= 4 is 28.9 Å². The van der Waals surface area contributed by atoms with Gasteiger partial charge in [0.25, 0.3) is 0 Å². The van der Waals surface area contributed by atoms with Crippen LogP contribution in [0.25, 0.3) is 21.5 Å². The van der Waals surface area contributed by atoms with Gasteiger partial charge in [-0.1, -0.05) is 112 Å². The molecule has 1 saturated heterocycles. The van der Waals surface area contributed by atoms with E-state index in [4.69, 9.17) is 14.2 Å². The van der Waals surface area contributed by atoms with E-state index in [-0.39, 0.29) is 18.3 Å². The van der Waals surface area contributed by atoms with Gasteiger partial charge in [0.1, 0.15) is 29.7 Å². The van der Waals surface area contributed by atoms with Gasteiger partial charge in [0, 0.05) is 16.7 Å². The molecule has 1 aliphatic heterocycles. The van der Waals surface area contributed by atoms with E-state index >= 15 is 0 Å². The number of fused-ring (bicyclic) bond motifs is 1. The smallest absolute Gasteiger partial charge is 0.411 e. The molecule has 2 N–H and O–H groups in total. The Kier molecular flexibility index (Phi) is 11.0. The van der Waals surface area contributed by atoms with Crippen LogP contribution in [0.15, 0.2) is 109 Å². The number of nitrogens with one attached hydrogen (secondary N) is 1. The number of aliphatic hydroxyl groups is 1. The molecule has 0 bridgehead atoms. The summed E-state index contributed by atoms with van der Waals surface area (Å²) in [6.45, 7) is 10.6. The molecule has 5 atom stereocenters. The number of hydrogen-bond acceptors (Lipinski definition) is 9. The van der Waals surface area contributed by atoms with E-state index < -0.39 is 53.5 Å². The molecule has 13 heteroatoms. The zero-order chi connectivity index (χ0) is 38.6. The van der Waals surface area contributed by atoms with Crippen molar-refractivity contribution in [3.8, 4) is 0 Å². The summed E-state index contributed by atoms with van der Waals surface area (Å²) in [5.74, 6) is -1.09. The average Bonchev–Trinajstić information content (AvgIpc) is 3.71. The fourth-order valence-electron chi connectivity index (χ4n) is 6.92. The highest BCUT2D eigenvalue weighted by atomic mass is 16.6. The van der Waals surface area contributed by atoms with Crippen molar-refractivity contribution in [2.45, 2.75) is 77.0 Å². The van der Waals surface area contributed by atoms with E-state index in [0.29, 0.717) is 16.6 Å². The number of aromatic nitrogens is 3. The first-order chi connectivity index (χ1) is 25.9. The number of rotatable bonds is 11. The number of benzene rings is 3. The van der Waals surface area contributed by atoms with E-state index in [1.54, 1.807) is 33.9 Å². The Labute approximate surface area is 313 Å². The maximum atomic E-state index is 14.5. The standard InChI is InChI=1S/C41H45N7O6/c1-25(2)26(3)38(50)53-36-34(30-22-43-33-32(30)44-24-45-37(33)46-47-42)48(39(51)54-40(4,5)6)31(35(36)49)23-52-41(27-16-10-7-11-17-27,28-18-12-8-13-19-28)29-20-14-9-15-21-29/h7-22,24-26,31,34-36,43,49H,23H2,1-6H3/t26-,31+,34-,35+,36-/m0/s1. The number of hydrogen-bond donors (Lipinski definition) is 2. The number of carbonyl (C=O) groups excluding carboxylic acids is 2. The molecular formula is C41H45N7O6. The maximum absolute atomic E-state index is 14.5. The Hall–Kier alpha value is -5.75. The Morgan fingerprint density at radius 3 is 1.98 bits per heavy atom. The number of azide groups is 1. The Bertz CT molecular complexity index is 2020. The molecular weight excluding hydrogens is 686 g/mol. The van der Waals surface area contributed by atoms with Crippen LogP contribution in [0, 0.1) is 11.8 Å². The Morgan fingerprint density at radius 2 is 1.48 bits per heavy atom. The normalized spacial score (nSPS) is 19.4. The third kappa shape index (κ3) is 7.38. The van der Waals surface area contributed by atoms with Crippen LogP contribution in [0.5, 0.6) is 0 Å². The molecule has 1 fully saturated rings. The van der Waals surface area contributed by atoms with Crippen molar-refractivity contribution in [1.82, 2.24) is 19.9 Å². The summed E-state index contributed by atoms with van der Waals surface area (Å²) < 4.78 is 19.4. The molecule has 1 amide bonds. The van der Waals surface area contributed by atoms with Gasteiger partial charge >= 0.3 is 12.1 Å². The van der Waals surface area contributed by atoms with Crippen LogP contribution in [0.3, 0.4) is 0 Å². The number of H-pyrrole nitrogens is 1. The summed E-state index contributed by atoms with van der Waals surface area (Å²) in [5.41, 5.74) is 10.6. The first-order valence-corrected chi connectivity index (χ1v) is 17.9. The van der Waals surface area contributed by atoms with E-state index in [9.17, 15) is 20.2 Å². The van der Waals surface area contributed by atoms with Crippen LogP contribution >= 0.6 is 0 Å². The second-order valence-electron chi connectivity index (χ2n) is 14.8. The van der Waals surface area contributed by atoms with Crippen molar-refractivity contribution in [3.63, 3.8) is 0 Å². The molecule has 0 radical (unpaired) electrons. The lowest BCUT2D eigenvalue weighted by Gasteiger charge is -2.38. The van der Waals surface area contributed by atoms with Gasteiger partial charge in [0.05, 0.1) is 29.6 Å². The van der Waals surface area contributed by atoms with Crippen LogP contribution in [-0.4, -0.2) is 67.5 Å². The predicted octanol–water partition coefficient (Wildman–Crippen LogP) is 8.13. The molecule has 1 aliphatic rings. The highest BCUT2D eigenvalue weighted by Crippen LogP contribution is 2.46. The number of ether oxygens (including phenoxy) is 3. The first kappa shape index (κ1) is 38.0. The number of esters is 1. The van der Waals surface area contributed by atoms with Crippen LogP contribution in [0.1, 0.15) is 69.8 Å². The van der Waals surface area contributed by atoms with Crippen molar-refractivity contribution in [2.24, 2.45) is 17.0 Å². The van der Waals surface area contributed by atoms with Crippen molar-refractivity contribution in [2.75, 3.05) is 6.61 Å². The second-order valence-corrected chi connectivity index (χ2v) is 14.8. The van der Waals surface area contributed by atoms with E-state index in [2.05, 4.69) is 25.0 Å². The summed E-state index contributed by atoms with van der Waals surface area (Å²) in [5, 5.41) is 16.1. The van der Waals surface area contributed by atoms with Gasteiger partial charge in [0.2, 0.25) is 0 Å². The number of carbonyl (C=O) groups is 2. The third-order valence-corrected chi connectivity index (χ3v) is 9.87. The minimum Gasteiger partial charge on any atom is -0.457 e. The highest BCUT2D eigenvalue weighted by Gasteiger charge is 2.56. The summed E-state index contributed by atoms with van der Waals surface area (Å²) >= 11 is 0. The van der Waals surface area contributed by atoms with Crippen LogP contribution < -0.4 is 0 Å². The molecule has 5 aromatic rings. The molecule has 13 nitrogen and oxygen atoms in total. The van der Waals surface area contributed by atoms with E-state index in [1.165, 1.54) is 11.2 Å². The molecule has 0 aliphatic carbocycles. The van der Waals surface area contributed by atoms with E-state index in [1.807, 2.05) is 105 Å². The van der Waals surface area contributed by atoms with Crippen LogP contribution in [0.4, 0.5) is 10.6 Å². The SMILES string of the molecule is CC(C)[C@H](C)C(=O)O[C@@H]1[C@H](O)[C@@H](COC(c2ccccc2)(c2ccccc2)c2ccccc2)N(C(=O)OC(C)(C)C)[C@H]1c1c[nH]c2c(N=[N+]=[N-])ncnc12. The van der Waals surface area contributed by atoms with Gasteiger partial charge in [-0.2, -0.15) is 0 Å². The molecule has 0 spiro atoms. The summed E-state index contributed by atoms with van der Waals surface area (Å²) in [4.78, 5) is 44.1. The monoisotopic (exact) mass is 731 g/mol. The summed E-state index contributed by atoms with van der Waals surface area (Å²) in [6, 6.07) is 27.0. The largest absolute Gasteiger partial charge is 0.457 e. The van der Waals surface area contributed by atoms with Crippen LogP contribution in [0.2, 0.25) is 0 Å². The number of aromatic amines is 1. The average molecular weight is 732 g/mol. The molecule has 280 valence electrons. The topological polar surface area (TPSA) is 176 Å². The molecule has 3 heterocycles. The fourth-order valence-corrected chi connectivity index (χ4v) is 6.92. The zero-order valence-electron chi connectivity index (χ0n) is 31.2. The van der Waals surface area contributed by atoms with Crippen molar-refractivity contribution < 1.29 is 28.9 Å². The van der Waals surface area contributed by atoms with Gasteiger partial charge in [-0.3, -0.25) is 9.69 Å². The fraction of sp³-hybridized carbons (Fsp3) is 0.366. The zero-order valence-corrected chi connectivity index (χ0v) is 31.2. The second kappa shape index (κ2) is 15.7. The highest BCUT2D eigenvalue weighted by molar-refractivity contribution is 5.88. The van der Waals surface area contributed by atoms with Crippen LogP contribution in [-0.2, 0) is 24.6 Å². The van der Waals surface area contributed by atoms with Crippen molar-refractivity contribution in [3.05, 3.63) is 136 Å². The maximum Gasteiger partial charge on any atom is 0.411 e. The number of aliphatic hydroxyl groups excluding tert-OH is 1. The molecule has 54 heavy (non-hydrogen) atoms. The van der Waals surface area contributed by atoms with Gasteiger partial charge in [-0.15, -0.1) is 0 Å². The minimum atomic E-state index is -1.45. The summed E-state index contributed by atoms with van der Waals surface area (Å²) in [6.07, 6.45) is -0.670. The molecule has 0 saturated carbocycles. The Balaban J connectivity index is 1.54. The number of likely N-dealkylation sites (tertiary alicyclic amines) is 1. The van der Waals surface area contributed by atoms with Gasteiger partial charge < -0.3 is 24.3 Å². The Morgan fingerprint density at radius 1 is 0.926 bits per heavy atom. The molecule has 6 rings (SSSR count). The van der Waals surface area contributed by atoms with Gasteiger partial charge in [-0.05, 0) is 54.0 Å². The minimum absolute atomic E-state index is 0.0383. The number of amides is 1. The predicted molar refractivity (Wildman–Crippen MR) is 202 cm³/mol. The van der Waals surface area contributed by atoms with E-state index in [0.717, 1.165) is 16.7 Å². The van der Waals surface area contributed by atoms with Gasteiger partial charge in [-0.25, -0.2) is 14.8 Å². The van der Waals surface area contributed by atoms with Crippen molar-refractivity contribution in [1.29, 1.82) is 0 Å². The molecule has 2 aromatic heterocycles.